The molecule has 0 bridgehead atoms. The summed E-state index contributed by atoms with van der Waals surface area (Å²) in [5.74, 6) is -0.230. The molecule has 1 fully saturated rings. The van der Waals surface area contributed by atoms with Crippen LogP contribution in [0.2, 0.25) is 0 Å². The molecule has 1 aliphatic heterocycles. The Labute approximate surface area is 145 Å². The van der Waals surface area contributed by atoms with Crippen LogP contribution in [0.15, 0.2) is 42.6 Å². The average Bonchev–Trinajstić information content (AvgIpc) is 3.00. The molecule has 2 heterocycles. The second-order valence-electron chi connectivity index (χ2n) is 5.69. The Morgan fingerprint density at radius 2 is 2.12 bits per heavy atom. The van der Waals surface area contributed by atoms with Crippen LogP contribution in [0, 0.1) is 5.92 Å². The van der Waals surface area contributed by atoms with Gasteiger partial charge >= 0.3 is 0 Å². The number of hydrogen-bond donors (Lipinski definition) is 2. The Bertz CT molecular complexity index is 776. The molecule has 130 valence electrons. The van der Waals surface area contributed by atoms with E-state index in [9.17, 15) is 14.7 Å². The molecular weight excluding hydrogens is 322 g/mol. The van der Waals surface area contributed by atoms with Crippen LogP contribution >= 0.6 is 0 Å². The lowest BCUT2D eigenvalue weighted by Crippen LogP contribution is -2.28. The van der Waals surface area contributed by atoms with E-state index in [2.05, 4.69) is 10.3 Å². The number of rotatable bonds is 5. The van der Waals surface area contributed by atoms with Gasteiger partial charge in [-0.25, -0.2) is 4.98 Å². The maximum atomic E-state index is 12.4. The molecule has 1 aromatic heterocycles. The number of hydrogen-bond acceptors (Lipinski definition) is 5. The lowest BCUT2D eigenvalue weighted by atomic mass is 10.1. The molecule has 3 rings (SSSR count). The predicted octanol–water partition coefficient (Wildman–Crippen LogP) is 2.18. The minimum Gasteiger partial charge on any atom is -0.504 e. The number of nitrogens with zero attached hydrogens (tertiary/aromatic N) is 2. The molecule has 1 aromatic carbocycles. The van der Waals surface area contributed by atoms with Crippen LogP contribution < -0.4 is 15.0 Å². The van der Waals surface area contributed by atoms with Gasteiger partial charge in [0, 0.05) is 24.8 Å². The van der Waals surface area contributed by atoms with Crippen molar-refractivity contribution in [1.82, 2.24) is 4.98 Å². The summed E-state index contributed by atoms with van der Waals surface area (Å²) >= 11 is 0. The molecule has 0 radical (unpaired) electrons. The molecule has 2 aromatic rings. The molecule has 0 unspecified atom stereocenters. The summed E-state index contributed by atoms with van der Waals surface area (Å²) in [6.07, 6.45) is 1.59. The van der Waals surface area contributed by atoms with Crippen LogP contribution in [0.25, 0.3) is 0 Å². The van der Waals surface area contributed by atoms with Crippen molar-refractivity contribution in [3.63, 3.8) is 0 Å². The van der Waals surface area contributed by atoms with Gasteiger partial charge in [0.1, 0.15) is 5.75 Å². The van der Waals surface area contributed by atoms with Crippen LogP contribution in [-0.2, 0) is 9.59 Å². The lowest BCUT2D eigenvalue weighted by Gasteiger charge is -2.17. The van der Waals surface area contributed by atoms with Crippen molar-refractivity contribution in [2.45, 2.75) is 13.3 Å². The number of aromatic nitrogens is 1. The summed E-state index contributed by atoms with van der Waals surface area (Å²) in [5.41, 5.74) is 0.726. The SMILES string of the molecule is CCOc1ccc(N2C[C@@H](C(=O)Nc3ncccc3O)CC2=O)cc1. The highest BCUT2D eigenvalue weighted by atomic mass is 16.5. The Kier molecular flexibility index (Phi) is 4.83. The topological polar surface area (TPSA) is 91.8 Å². The summed E-state index contributed by atoms with van der Waals surface area (Å²) in [7, 11) is 0. The Morgan fingerprint density at radius 1 is 1.36 bits per heavy atom. The third-order valence-corrected chi connectivity index (χ3v) is 3.98. The summed E-state index contributed by atoms with van der Waals surface area (Å²) in [6.45, 7) is 2.76. The quantitative estimate of drug-likeness (QED) is 0.870. The van der Waals surface area contributed by atoms with E-state index in [1.54, 1.807) is 35.2 Å². The fourth-order valence-electron chi connectivity index (χ4n) is 2.73. The van der Waals surface area contributed by atoms with Gasteiger partial charge in [0.25, 0.3) is 0 Å². The van der Waals surface area contributed by atoms with Gasteiger partial charge in [0.2, 0.25) is 11.8 Å². The monoisotopic (exact) mass is 341 g/mol. The molecule has 25 heavy (non-hydrogen) atoms. The van der Waals surface area contributed by atoms with Crippen LogP contribution in [-0.4, -0.2) is 35.1 Å². The normalized spacial score (nSPS) is 16.8. The molecule has 1 saturated heterocycles. The van der Waals surface area contributed by atoms with Crippen LogP contribution in [0.1, 0.15) is 13.3 Å². The number of pyridine rings is 1. The molecule has 7 nitrogen and oxygen atoms in total. The number of ether oxygens (including phenoxy) is 1. The van der Waals surface area contributed by atoms with Gasteiger partial charge in [0.05, 0.1) is 12.5 Å². The molecule has 2 amide bonds. The van der Waals surface area contributed by atoms with Gasteiger partial charge in [-0.1, -0.05) is 0 Å². The van der Waals surface area contributed by atoms with Gasteiger partial charge < -0.3 is 20.1 Å². The lowest BCUT2D eigenvalue weighted by molar-refractivity contribution is -0.122. The number of amides is 2. The summed E-state index contributed by atoms with van der Waals surface area (Å²) in [6, 6.07) is 10.2. The van der Waals surface area contributed by atoms with Crippen LogP contribution in [0.4, 0.5) is 11.5 Å². The van der Waals surface area contributed by atoms with Crippen molar-refractivity contribution >= 4 is 23.3 Å². The molecule has 0 spiro atoms. The first-order valence-corrected chi connectivity index (χ1v) is 8.06. The van der Waals surface area contributed by atoms with Crippen molar-refractivity contribution < 1.29 is 19.4 Å². The first-order valence-electron chi connectivity index (χ1n) is 8.06. The average molecular weight is 341 g/mol. The summed E-state index contributed by atoms with van der Waals surface area (Å²) < 4.78 is 5.39. The zero-order valence-corrected chi connectivity index (χ0v) is 13.8. The van der Waals surface area contributed by atoms with E-state index in [4.69, 9.17) is 4.74 Å². The first kappa shape index (κ1) is 16.8. The van der Waals surface area contributed by atoms with Gasteiger partial charge in [-0.2, -0.15) is 0 Å². The highest BCUT2D eigenvalue weighted by molar-refractivity contribution is 6.03. The molecule has 1 aliphatic rings. The van der Waals surface area contributed by atoms with E-state index in [1.165, 1.54) is 12.3 Å². The fourth-order valence-corrected chi connectivity index (χ4v) is 2.73. The maximum absolute atomic E-state index is 12.4. The van der Waals surface area contributed by atoms with Gasteiger partial charge in [-0.15, -0.1) is 0 Å². The number of carbonyl (C=O) groups is 2. The smallest absolute Gasteiger partial charge is 0.231 e. The zero-order valence-electron chi connectivity index (χ0n) is 13.8. The molecule has 0 aliphatic carbocycles. The standard InChI is InChI=1S/C18H19N3O4/c1-2-25-14-7-5-13(6-8-14)21-11-12(10-16(21)23)18(24)20-17-15(22)4-3-9-19-17/h3-9,12,22H,2,10-11H2,1H3,(H,19,20,24)/t12-/m0/s1. The van der Waals surface area contributed by atoms with E-state index >= 15 is 0 Å². The van der Waals surface area contributed by atoms with E-state index in [0.29, 0.717) is 6.61 Å². The zero-order chi connectivity index (χ0) is 17.8. The van der Waals surface area contributed by atoms with Crippen LogP contribution in [0.5, 0.6) is 11.5 Å². The molecule has 7 heteroatoms. The Balaban J connectivity index is 1.67. The fraction of sp³-hybridized carbons (Fsp3) is 0.278. The van der Waals surface area contributed by atoms with Gasteiger partial charge in [-0.05, 0) is 43.3 Å². The molecule has 2 N–H and O–H groups in total. The third-order valence-electron chi connectivity index (χ3n) is 3.98. The minimum absolute atomic E-state index is 0.0967. The highest BCUT2D eigenvalue weighted by Gasteiger charge is 2.35. The third kappa shape index (κ3) is 3.71. The van der Waals surface area contributed by atoms with Gasteiger partial charge in [-0.3, -0.25) is 9.59 Å². The van der Waals surface area contributed by atoms with E-state index in [-0.39, 0.29) is 36.3 Å². The summed E-state index contributed by atoms with van der Waals surface area (Å²) in [5, 5.41) is 12.3. The van der Waals surface area contributed by atoms with Gasteiger partial charge in [0.15, 0.2) is 11.6 Å². The van der Waals surface area contributed by atoms with E-state index in [0.717, 1.165) is 11.4 Å². The second kappa shape index (κ2) is 7.21. The van der Waals surface area contributed by atoms with Crippen molar-refractivity contribution in [2.24, 2.45) is 5.92 Å². The molecular formula is C18H19N3O4. The number of aromatic hydroxyl groups is 1. The first-order chi connectivity index (χ1) is 12.1. The number of carbonyl (C=O) groups excluding carboxylic acids is 2. The number of nitrogens with one attached hydrogen (secondary N) is 1. The molecule has 1 atom stereocenters. The van der Waals surface area contributed by atoms with Crippen molar-refractivity contribution in [3.05, 3.63) is 42.6 Å². The maximum Gasteiger partial charge on any atom is 0.231 e. The summed E-state index contributed by atoms with van der Waals surface area (Å²) in [4.78, 5) is 30.1. The highest BCUT2D eigenvalue weighted by Crippen LogP contribution is 2.28. The number of benzene rings is 1. The van der Waals surface area contributed by atoms with Crippen molar-refractivity contribution in [1.29, 1.82) is 0 Å². The number of anilines is 2. The Morgan fingerprint density at radius 3 is 2.80 bits per heavy atom. The largest absolute Gasteiger partial charge is 0.504 e. The van der Waals surface area contributed by atoms with Crippen molar-refractivity contribution in [2.75, 3.05) is 23.4 Å². The predicted molar refractivity (Wildman–Crippen MR) is 92.6 cm³/mol. The Hall–Kier alpha value is -3.09. The van der Waals surface area contributed by atoms with Crippen LogP contribution in [0.3, 0.4) is 0 Å². The second-order valence-corrected chi connectivity index (χ2v) is 5.69. The molecule has 0 saturated carbocycles. The van der Waals surface area contributed by atoms with Crippen molar-refractivity contribution in [3.8, 4) is 11.5 Å². The van der Waals surface area contributed by atoms with E-state index in [1.807, 2.05) is 6.92 Å². The minimum atomic E-state index is -0.500. The van der Waals surface area contributed by atoms with E-state index < -0.39 is 5.92 Å².